The average Bonchev–Trinajstić information content (AvgIpc) is 2.78. The minimum Gasteiger partial charge on any atom is -0.395 e. The van der Waals surface area contributed by atoms with Crippen molar-refractivity contribution >= 4 is 30.6 Å². The van der Waals surface area contributed by atoms with Crippen LogP contribution in [0.1, 0.15) is 0 Å². The molecule has 0 atom stereocenters. The summed E-state index contributed by atoms with van der Waals surface area (Å²) in [6.45, 7) is 0. The first-order chi connectivity index (χ1) is 15.1. The van der Waals surface area contributed by atoms with Gasteiger partial charge in [0.1, 0.15) is 11.5 Å². The predicted molar refractivity (Wildman–Crippen MR) is 123 cm³/mol. The zero-order valence-corrected chi connectivity index (χ0v) is 17.4. The average molecular weight is 432 g/mol. The van der Waals surface area contributed by atoms with Gasteiger partial charge in [0, 0.05) is 22.7 Å². The Balaban J connectivity index is 1.35. The maximum Gasteiger partial charge on any atom is 0.584 e. The molecule has 156 valence electrons. The lowest BCUT2D eigenvalue weighted by molar-refractivity contribution is 0.291. The van der Waals surface area contributed by atoms with E-state index in [2.05, 4.69) is 10.6 Å². The van der Waals surface area contributed by atoms with E-state index in [4.69, 9.17) is 9.05 Å². The Hall–Kier alpha value is -3.73. The highest BCUT2D eigenvalue weighted by molar-refractivity contribution is 7.48. The molecule has 4 rings (SSSR count). The Morgan fingerprint density at radius 1 is 0.516 bits per heavy atom. The van der Waals surface area contributed by atoms with Crippen LogP contribution in [0.15, 0.2) is 109 Å². The van der Waals surface area contributed by atoms with Gasteiger partial charge in [-0.3, -0.25) is 4.89 Å². The molecule has 0 amide bonds. The lowest BCUT2D eigenvalue weighted by Gasteiger charge is -2.15. The Labute approximate surface area is 180 Å². The molecule has 0 radical (unpaired) electrons. The largest absolute Gasteiger partial charge is 0.584 e. The van der Waals surface area contributed by atoms with Gasteiger partial charge in [-0.25, -0.2) is 4.57 Å². The molecule has 4 aromatic rings. The van der Waals surface area contributed by atoms with E-state index < -0.39 is 7.82 Å². The molecule has 31 heavy (non-hydrogen) atoms. The highest BCUT2D eigenvalue weighted by atomic mass is 31.2. The summed E-state index contributed by atoms with van der Waals surface area (Å²) in [6, 6.07) is 32.8. The molecule has 0 heterocycles. The molecule has 0 aliphatic carbocycles. The number of para-hydroxylation sites is 2. The van der Waals surface area contributed by atoms with Crippen molar-refractivity contribution in [3.63, 3.8) is 0 Å². The fourth-order valence-corrected chi connectivity index (χ4v) is 3.67. The van der Waals surface area contributed by atoms with E-state index in [0.29, 0.717) is 0 Å². The molecule has 0 unspecified atom stereocenters. The molecule has 0 aliphatic heterocycles. The molecule has 0 aliphatic rings. The minimum atomic E-state index is -4.34. The standard InChI is InChI=1S/C24H21N2O4P/c27-31(28,29-23-15-11-21(12-16-23)25-19-7-3-1-4-8-19)30-24-17-13-22(14-18-24)26-20-9-5-2-6-10-20/h1-18,25-26H,(H,27,28). The van der Waals surface area contributed by atoms with E-state index in [1.54, 1.807) is 48.5 Å². The van der Waals surface area contributed by atoms with Crippen LogP contribution >= 0.6 is 7.82 Å². The van der Waals surface area contributed by atoms with Crippen molar-refractivity contribution in [3.8, 4) is 11.5 Å². The topological polar surface area (TPSA) is 79.8 Å². The van der Waals surface area contributed by atoms with E-state index in [1.165, 1.54) is 0 Å². The SMILES string of the molecule is O=P(O)(Oc1ccc(Nc2ccccc2)cc1)Oc1ccc(Nc2ccccc2)cc1. The van der Waals surface area contributed by atoms with Crippen molar-refractivity contribution in [3.05, 3.63) is 109 Å². The van der Waals surface area contributed by atoms with E-state index in [0.717, 1.165) is 22.7 Å². The molecule has 0 saturated carbocycles. The molecule has 0 aromatic heterocycles. The van der Waals surface area contributed by atoms with Crippen LogP contribution < -0.4 is 19.7 Å². The maximum atomic E-state index is 12.4. The predicted octanol–water partition coefficient (Wildman–Crippen LogP) is 6.73. The van der Waals surface area contributed by atoms with Crippen LogP contribution in [0, 0.1) is 0 Å². The molecule has 0 saturated heterocycles. The molecular formula is C24H21N2O4P. The summed E-state index contributed by atoms with van der Waals surface area (Å²) in [6.07, 6.45) is 0. The Morgan fingerprint density at radius 2 is 0.839 bits per heavy atom. The smallest absolute Gasteiger partial charge is 0.395 e. The number of benzene rings is 4. The first-order valence-electron chi connectivity index (χ1n) is 9.62. The van der Waals surface area contributed by atoms with Crippen LogP contribution in [0.25, 0.3) is 0 Å². The number of phosphoric acid groups is 1. The monoisotopic (exact) mass is 432 g/mol. The lowest BCUT2D eigenvalue weighted by Crippen LogP contribution is -2.00. The number of nitrogens with one attached hydrogen (secondary N) is 2. The second kappa shape index (κ2) is 9.39. The van der Waals surface area contributed by atoms with Gasteiger partial charge < -0.3 is 19.7 Å². The van der Waals surface area contributed by atoms with Gasteiger partial charge in [0.25, 0.3) is 0 Å². The van der Waals surface area contributed by atoms with Crippen molar-refractivity contribution < 1.29 is 18.5 Å². The van der Waals surface area contributed by atoms with Gasteiger partial charge in [-0.15, -0.1) is 0 Å². The Bertz CT molecular complexity index is 1060. The van der Waals surface area contributed by atoms with Gasteiger partial charge >= 0.3 is 7.82 Å². The third kappa shape index (κ3) is 6.12. The quantitative estimate of drug-likeness (QED) is 0.268. The molecule has 0 fully saturated rings. The van der Waals surface area contributed by atoms with Crippen molar-refractivity contribution in [1.82, 2.24) is 0 Å². The zero-order valence-electron chi connectivity index (χ0n) is 16.5. The second-order valence-corrected chi connectivity index (χ2v) is 7.98. The number of hydrogen-bond acceptors (Lipinski definition) is 5. The summed E-state index contributed by atoms with van der Waals surface area (Å²) in [7, 11) is -4.34. The van der Waals surface area contributed by atoms with Crippen molar-refractivity contribution in [2.75, 3.05) is 10.6 Å². The first kappa shape index (κ1) is 20.5. The Morgan fingerprint density at radius 3 is 1.19 bits per heavy atom. The highest BCUT2D eigenvalue weighted by Crippen LogP contribution is 2.44. The highest BCUT2D eigenvalue weighted by Gasteiger charge is 2.25. The van der Waals surface area contributed by atoms with Crippen LogP contribution in [0.3, 0.4) is 0 Å². The lowest BCUT2D eigenvalue weighted by atomic mass is 10.2. The van der Waals surface area contributed by atoms with Crippen LogP contribution in [0.4, 0.5) is 22.7 Å². The Kier molecular flexibility index (Phi) is 6.22. The summed E-state index contributed by atoms with van der Waals surface area (Å²) in [5.41, 5.74) is 3.54. The fourth-order valence-electron chi connectivity index (χ4n) is 2.86. The molecule has 7 heteroatoms. The van der Waals surface area contributed by atoms with Gasteiger partial charge in [-0.1, -0.05) is 36.4 Å². The molecular weight excluding hydrogens is 411 g/mol. The van der Waals surface area contributed by atoms with Crippen LogP contribution in [0.5, 0.6) is 11.5 Å². The number of anilines is 4. The van der Waals surface area contributed by atoms with E-state index in [1.807, 2.05) is 60.7 Å². The number of rotatable bonds is 8. The number of hydrogen-bond donors (Lipinski definition) is 3. The van der Waals surface area contributed by atoms with Crippen molar-refractivity contribution in [1.29, 1.82) is 0 Å². The van der Waals surface area contributed by atoms with Gasteiger partial charge in [-0.05, 0) is 72.8 Å². The normalized spacial score (nSPS) is 10.9. The minimum absolute atomic E-state index is 0.229. The zero-order chi connectivity index (χ0) is 21.5. The maximum absolute atomic E-state index is 12.4. The van der Waals surface area contributed by atoms with E-state index in [-0.39, 0.29) is 11.5 Å². The molecule has 3 N–H and O–H groups in total. The molecule has 0 bridgehead atoms. The number of phosphoric ester groups is 1. The van der Waals surface area contributed by atoms with Crippen LogP contribution in [-0.2, 0) is 4.57 Å². The summed E-state index contributed by atoms with van der Waals surface area (Å²) in [5, 5.41) is 6.46. The summed E-state index contributed by atoms with van der Waals surface area (Å²) in [4.78, 5) is 10.1. The fraction of sp³-hybridized carbons (Fsp3) is 0. The van der Waals surface area contributed by atoms with Crippen LogP contribution in [-0.4, -0.2) is 4.89 Å². The third-order valence-electron chi connectivity index (χ3n) is 4.28. The first-order valence-corrected chi connectivity index (χ1v) is 11.1. The van der Waals surface area contributed by atoms with E-state index in [9.17, 15) is 9.46 Å². The van der Waals surface area contributed by atoms with Crippen LogP contribution in [0.2, 0.25) is 0 Å². The molecule has 6 nitrogen and oxygen atoms in total. The summed E-state index contributed by atoms with van der Waals surface area (Å²) < 4.78 is 22.7. The van der Waals surface area contributed by atoms with Crippen molar-refractivity contribution in [2.45, 2.75) is 0 Å². The second-order valence-electron chi connectivity index (χ2n) is 6.68. The van der Waals surface area contributed by atoms with Gasteiger partial charge in [0.2, 0.25) is 0 Å². The van der Waals surface area contributed by atoms with Gasteiger partial charge in [-0.2, -0.15) is 0 Å². The van der Waals surface area contributed by atoms with E-state index >= 15 is 0 Å². The van der Waals surface area contributed by atoms with Gasteiger partial charge in [0.15, 0.2) is 0 Å². The summed E-state index contributed by atoms with van der Waals surface area (Å²) in [5.74, 6) is 0.457. The van der Waals surface area contributed by atoms with Gasteiger partial charge in [0.05, 0.1) is 0 Å². The van der Waals surface area contributed by atoms with Crippen molar-refractivity contribution in [2.24, 2.45) is 0 Å². The summed E-state index contributed by atoms with van der Waals surface area (Å²) >= 11 is 0. The molecule has 4 aromatic carbocycles. The third-order valence-corrected chi connectivity index (χ3v) is 5.16. The molecule has 0 spiro atoms.